The van der Waals surface area contributed by atoms with E-state index >= 15 is 0 Å². The molecule has 2 aromatic rings. The number of aliphatic hydroxyl groups is 1. The Balaban J connectivity index is 2.60. The Labute approximate surface area is 116 Å². The molecule has 3 nitrogen and oxygen atoms in total. The minimum absolute atomic E-state index is 0.452. The number of hydrogen-bond donors (Lipinski definition) is 1. The molecule has 0 unspecified atom stereocenters. The highest BCUT2D eigenvalue weighted by Crippen LogP contribution is 2.31. The van der Waals surface area contributed by atoms with E-state index in [0.29, 0.717) is 15.7 Å². The Kier molecular flexibility index (Phi) is 3.41. The van der Waals surface area contributed by atoms with E-state index in [0.717, 1.165) is 11.3 Å². The van der Waals surface area contributed by atoms with Gasteiger partial charge >= 0.3 is 0 Å². The van der Waals surface area contributed by atoms with Gasteiger partial charge in [-0.1, -0.05) is 29.3 Å². The van der Waals surface area contributed by atoms with Crippen molar-refractivity contribution in [1.29, 1.82) is 0 Å². The molecule has 1 aromatic heterocycles. The maximum absolute atomic E-state index is 10.0. The van der Waals surface area contributed by atoms with Gasteiger partial charge < -0.3 is 5.11 Å². The summed E-state index contributed by atoms with van der Waals surface area (Å²) in [5.74, 6) is 0. The molecule has 0 spiro atoms. The van der Waals surface area contributed by atoms with Gasteiger partial charge in [-0.25, -0.2) is 4.68 Å². The highest BCUT2D eigenvalue weighted by molar-refractivity contribution is 6.43. The fourth-order valence-electron chi connectivity index (χ4n) is 1.91. The first-order chi connectivity index (χ1) is 8.32. The first-order valence-electron chi connectivity index (χ1n) is 5.54. The van der Waals surface area contributed by atoms with Crippen molar-refractivity contribution < 1.29 is 5.11 Å². The van der Waals surface area contributed by atoms with Crippen molar-refractivity contribution in [3.63, 3.8) is 0 Å². The minimum Gasteiger partial charge on any atom is -0.386 e. The quantitative estimate of drug-likeness (QED) is 0.913. The topological polar surface area (TPSA) is 38.1 Å². The summed E-state index contributed by atoms with van der Waals surface area (Å²) in [7, 11) is 0. The number of aromatic nitrogens is 2. The second-order valence-corrected chi connectivity index (χ2v) is 5.47. The fraction of sp³-hybridized carbons (Fsp3) is 0.308. The fourth-order valence-corrected chi connectivity index (χ4v) is 2.28. The van der Waals surface area contributed by atoms with Gasteiger partial charge in [-0.2, -0.15) is 5.10 Å². The Morgan fingerprint density at radius 1 is 1.28 bits per heavy atom. The van der Waals surface area contributed by atoms with Crippen LogP contribution in [-0.4, -0.2) is 14.9 Å². The SMILES string of the molecule is Cc1c(C(C)(C)O)cnn1-c1cccc(Cl)c1Cl. The average molecular weight is 285 g/mol. The van der Waals surface area contributed by atoms with Crippen LogP contribution in [-0.2, 0) is 5.60 Å². The molecule has 0 saturated heterocycles. The monoisotopic (exact) mass is 284 g/mol. The molecule has 0 fully saturated rings. The zero-order valence-corrected chi connectivity index (χ0v) is 11.9. The molecule has 0 atom stereocenters. The molecule has 0 amide bonds. The van der Waals surface area contributed by atoms with Crippen molar-refractivity contribution in [3.8, 4) is 5.69 Å². The number of hydrogen-bond acceptors (Lipinski definition) is 2. The molecule has 1 aromatic carbocycles. The predicted octanol–water partition coefficient (Wildman–Crippen LogP) is 3.71. The van der Waals surface area contributed by atoms with E-state index in [4.69, 9.17) is 23.2 Å². The summed E-state index contributed by atoms with van der Waals surface area (Å²) in [6.45, 7) is 5.33. The molecule has 5 heteroatoms. The van der Waals surface area contributed by atoms with E-state index in [9.17, 15) is 5.11 Å². The summed E-state index contributed by atoms with van der Waals surface area (Å²) in [6, 6.07) is 5.37. The van der Waals surface area contributed by atoms with Crippen molar-refractivity contribution in [2.45, 2.75) is 26.4 Å². The lowest BCUT2D eigenvalue weighted by atomic mass is 10.00. The summed E-state index contributed by atoms with van der Waals surface area (Å²) in [5, 5.41) is 15.2. The van der Waals surface area contributed by atoms with Crippen LogP contribution in [0.2, 0.25) is 10.0 Å². The van der Waals surface area contributed by atoms with Crippen LogP contribution in [0.3, 0.4) is 0 Å². The largest absolute Gasteiger partial charge is 0.386 e. The average Bonchev–Trinajstić information content (AvgIpc) is 2.64. The maximum atomic E-state index is 10.0. The van der Waals surface area contributed by atoms with E-state index in [2.05, 4.69) is 5.10 Å². The molecule has 18 heavy (non-hydrogen) atoms. The van der Waals surface area contributed by atoms with Gasteiger partial charge in [-0.15, -0.1) is 0 Å². The number of nitrogens with zero attached hydrogens (tertiary/aromatic N) is 2. The van der Waals surface area contributed by atoms with Crippen LogP contribution in [0.1, 0.15) is 25.1 Å². The second kappa shape index (κ2) is 4.57. The van der Waals surface area contributed by atoms with Crippen molar-refractivity contribution in [2.75, 3.05) is 0 Å². The maximum Gasteiger partial charge on any atom is 0.0873 e. The molecular weight excluding hydrogens is 271 g/mol. The normalized spacial score (nSPS) is 11.9. The number of benzene rings is 1. The molecule has 0 aliphatic heterocycles. The van der Waals surface area contributed by atoms with Gasteiger partial charge in [-0.05, 0) is 32.9 Å². The molecule has 0 bridgehead atoms. The Bertz CT molecular complexity index is 585. The minimum atomic E-state index is -0.937. The Hall–Kier alpha value is -1.03. The smallest absolute Gasteiger partial charge is 0.0873 e. The van der Waals surface area contributed by atoms with Gasteiger partial charge in [0.1, 0.15) is 0 Å². The van der Waals surface area contributed by atoms with Crippen molar-refractivity contribution in [2.24, 2.45) is 0 Å². The first kappa shape index (κ1) is 13.4. The Morgan fingerprint density at radius 2 is 1.94 bits per heavy atom. The molecule has 0 aliphatic rings. The molecule has 1 N–H and O–H groups in total. The molecule has 2 rings (SSSR count). The van der Waals surface area contributed by atoms with E-state index < -0.39 is 5.60 Å². The van der Waals surface area contributed by atoms with E-state index in [-0.39, 0.29) is 0 Å². The van der Waals surface area contributed by atoms with Crippen LogP contribution in [0.25, 0.3) is 5.69 Å². The lowest BCUT2D eigenvalue weighted by molar-refractivity contribution is 0.0779. The molecular formula is C13H14Cl2N2O. The van der Waals surface area contributed by atoms with Gasteiger partial charge in [0.15, 0.2) is 0 Å². The summed E-state index contributed by atoms with van der Waals surface area (Å²) >= 11 is 12.2. The van der Waals surface area contributed by atoms with Crippen LogP contribution in [0.15, 0.2) is 24.4 Å². The standard InChI is InChI=1S/C13H14Cl2N2O/c1-8-9(13(2,3)18)7-16-17(8)11-6-4-5-10(14)12(11)15/h4-7,18H,1-3H3. The highest BCUT2D eigenvalue weighted by atomic mass is 35.5. The van der Waals surface area contributed by atoms with E-state index in [1.54, 1.807) is 30.8 Å². The number of halogens is 2. The summed E-state index contributed by atoms with van der Waals surface area (Å²) in [4.78, 5) is 0. The molecule has 1 heterocycles. The summed E-state index contributed by atoms with van der Waals surface area (Å²) < 4.78 is 1.68. The zero-order chi connectivity index (χ0) is 13.5. The van der Waals surface area contributed by atoms with Crippen LogP contribution < -0.4 is 0 Å². The molecule has 0 saturated carbocycles. The molecule has 0 aliphatic carbocycles. The summed E-state index contributed by atoms with van der Waals surface area (Å²) in [5.41, 5.74) is 1.37. The summed E-state index contributed by atoms with van der Waals surface area (Å²) in [6.07, 6.45) is 1.65. The zero-order valence-electron chi connectivity index (χ0n) is 10.4. The van der Waals surface area contributed by atoms with E-state index in [1.807, 2.05) is 19.1 Å². The molecule has 96 valence electrons. The van der Waals surface area contributed by atoms with Gasteiger partial charge in [-0.3, -0.25) is 0 Å². The second-order valence-electron chi connectivity index (χ2n) is 4.69. The third kappa shape index (κ3) is 2.26. The van der Waals surface area contributed by atoms with Crippen molar-refractivity contribution >= 4 is 23.2 Å². The van der Waals surface area contributed by atoms with E-state index in [1.165, 1.54) is 0 Å². The lowest BCUT2D eigenvalue weighted by Crippen LogP contribution is -2.16. The predicted molar refractivity (Wildman–Crippen MR) is 73.6 cm³/mol. The lowest BCUT2D eigenvalue weighted by Gasteiger charge is -2.17. The van der Waals surface area contributed by atoms with Crippen LogP contribution in [0, 0.1) is 6.92 Å². The van der Waals surface area contributed by atoms with Gasteiger partial charge in [0, 0.05) is 11.3 Å². The highest BCUT2D eigenvalue weighted by Gasteiger charge is 2.23. The third-order valence-electron chi connectivity index (χ3n) is 2.83. The van der Waals surface area contributed by atoms with Crippen LogP contribution >= 0.6 is 23.2 Å². The van der Waals surface area contributed by atoms with Gasteiger partial charge in [0.2, 0.25) is 0 Å². The van der Waals surface area contributed by atoms with Crippen LogP contribution in [0.4, 0.5) is 0 Å². The third-order valence-corrected chi connectivity index (χ3v) is 3.64. The van der Waals surface area contributed by atoms with Crippen LogP contribution in [0.5, 0.6) is 0 Å². The molecule has 0 radical (unpaired) electrons. The Morgan fingerprint density at radius 3 is 2.50 bits per heavy atom. The van der Waals surface area contributed by atoms with Crippen molar-refractivity contribution in [3.05, 3.63) is 45.7 Å². The van der Waals surface area contributed by atoms with Gasteiger partial charge in [0.25, 0.3) is 0 Å². The van der Waals surface area contributed by atoms with Crippen molar-refractivity contribution in [1.82, 2.24) is 9.78 Å². The van der Waals surface area contributed by atoms with Gasteiger partial charge in [0.05, 0.1) is 27.5 Å². The first-order valence-corrected chi connectivity index (χ1v) is 6.30. The number of rotatable bonds is 2.